The van der Waals surface area contributed by atoms with Crippen molar-refractivity contribution in [3.63, 3.8) is 0 Å². The van der Waals surface area contributed by atoms with Gasteiger partial charge in [0, 0.05) is 33.7 Å². The zero-order valence-electron chi connectivity index (χ0n) is 16.5. The first kappa shape index (κ1) is 21.5. The average molecular weight is 361 g/mol. The maximum absolute atomic E-state index is 9.01. The third-order valence-electron chi connectivity index (χ3n) is 3.37. The second-order valence-corrected chi connectivity index (χ2v) is 5.51. The van der Waals surface area contributed by atoms with Gasteiger partial charge >= 0.3 is 0 Å². The fourth-order valence-electron chi connectivity index (χ4n) is 2.32. The van der Waals surface area contributed by atoms with E-state index >= 15 is 0 Å². The number of aromatic nitrogens is 2. The highest BCUT2D eigenvalue weighted by atomic mass is 16.3. The summed E-state index contributed by atoms with van der Waals surface area (Å²) in [6, 6.07) is 10.2. The number of aliphatic hydroxyl groups is 1. The molecular formula is C19H32N6O. The Bertz CT molecular complexity index is 633. The van der Waals surface area contributed by atoms with E-state index in [0.29, 0.717) is 19.0 Å². The fourth-order valence-corrected chi connectivity index (χ4v) is 2.32. The van der Waals surface area contributed by atoms with Gasteiger partial charge in [-0.15, -0.1) is 0 Å². The van der Waals surface area contributed by atoms with Crippen molar-refractivity contribution >= 4 is 23.3 Å². The lowest BCUT2D eigenvalue weighted by Gasteiger charge is -2.22. The molecule has 0 bridgehead atoms. The van der Waals surface area contributed by atoms with E-state index in [1.807, 2.05) is 58.0 Å². The van der Waals surface area contributed by atoms with Gasteiger partial charge < -0.3 is 26.0 Å². The number of nitrogens with one attached hydrogen (secondary N) is 3. The topological polar surface area (TPSA) is 85.3 Å². The highest BCUT2D eigenvalue weighted by Gasteiger charge is 2.16. The monoisotopic (exact) mass is 360 g/mol. The van der Waals surface area contributed by atoms with Crippen LogP contribution in [0.1, 0.15) is 26.3 Å². The number of benzene rings is 1. The van der Waals surface area contributed by atoms with E-state index in [9.17, 15) is 0 Å². The van der Waals surface area contributed by atoms with Crippen LogP contribution in [0.5, 0.6) is 0 Å². The zero-order valence-corrected chi connectivity index (χ0v) is 16.5. The first-order chi connectivity index (χ1) is 12.7. The fraction of sp³-hybridized carbons (Fsp3) is 0.474. The molecule has 0 amide bonds. The van der Waals surface area contributed by atoms with Gasteiger partial charge in [0.25, 0.3) is 0 Å². The van der Waals surface area contributed by atoms with E-state index in [1.165, 1.54) is 5.56 Å². The molecule has 0 saturated heterocycles. The molecule has 7 nitrogen and oxygen atoms in total. The summed E-state index contributed by atoms with van der Waals surface area (Å²) < 4.78 is 0. The predicted octanol–water partition coefficient (Wildman–Crippen LogP) is 3.02. The number of aliphatic hydroxyl groups excluding tert-OH is 1. The maximum atomic E-state index is 9.01. The molecule has 1 aromatic carbocycles. The Labute approximate surface area is 156 Å². The lowest BCUT2D eigenvalue weighted by molar-refractivity contribution is 0.311. The number of hydrogen-bond acceptors (Lipinski definition) is 7. The predicted molar refractivity (Wildman–Crippen MR) is 111 cm³/mol. The summed E-state index contributed by atoms with van der Waals surface area (Å²) in [4.78, 5) is 11.1. The van der Waals surface area contributed by atoms with E-state index < -0.39 is 0 Å². The summed E-state index contributed by atoms with van der Waals surface area (Å²) in [6.45, 7) is 7.89. The van der Waals surface area contributed by atoms with Crippen LogP contribution in [0.2, 0.25) is 0 Å². The largest absolute Gasteiger partial charge is 0.395 e. The maximum Gasteiger partial charge on any atom is 0.226 e. The van der Waals surface area contributed by atoms with Gasteiger partial charge in [0.05, 0.1) is 6.61 Å². The van der Waals surface area contributed by atoms with Crippen LogP contribution in [0.4, 0.5) is 23.3 Å². The van der Waals surface area contributed by atoms with Gasteiger partial charge in [-0.05, 0) is 12.5 Å². The zero-order chi connectivity index (χ0) is 19.4. The minimum Gasteiger partial charge on any atom is -0.395 e. The van der Waals surface area contributed by atoms with Crippen molar-refractivity contribution in [2.75, 3.05) is 54.6 Å². The first-order valence-corrected chi connectivity index (χ1v) is 9.11. The molecule has 1 aromatic heterocycles. The molecule has 0 aliphatic carbocycles. The van der Waals surface area contributed by atoms with Gasteiger partial charge in [0.2, 0.25) is 5.95 Å². The summed E-state index contributed by atoms with van der Waals surface area (Å²) in [5, 5.41) is 18.7. The molecule has 0 radical (unpaired) electrons. The highest BCUT2D eigenvalue weighted by molar-refractivity contribution is 5.79. The Morgan fingerprint density at radius 3 is 2.12 bits per heavy atom. The SMILES string of the molecule is CC.CCNc1nc(NCCO)nc(NCc2ccccc2)c1N(C)C. The first-order valence-electron chi connectivity index (χ1n) is 9.11. The molecule has 0 unspecified atom stereocenters. The Hall–Kier alpha value is -2.54. The lowest BCUT2D eigenvalue weighted by atomic mass is 10.2. The summed E-state index contributed by atoms with van der Waals surface area (Å²) in [6.07, 6.45) is 0. The molecule has 1 heterocycles. The van der Waals surface area contributed by atoms with E-state index in [1.54, 1.807) is 0 Å². The summed E-state index contributed by atoms with van der Waals surface area (Å²) in [7, 11) is 3.93. The standard InChI is InChI=1S/C17H26N6O.C2H6/c1-4-18-15-14(23(2)3)16(22-17(21-15)19-10-11-24)20-12-13-8-6-5-7-9-13;1-2/h5-9,24H,4,10-12H2,1-3H3,(H3,18,19,20,21,22);1-2H3. The Morgan fingerprint density at radius 2 is 1.58 bits per heavy atom. The van der Waals surface area contributed by atoms with Crippen molar-refractivity contribution in [1.29, 1.82) is 0 Å². The number of nitrogens with zero attached hydrogens (tertiary/aromatic N) is 3. The molecule has 0 aliphatic rings. The van der Waals surface area contributed by atoms with Crippen molar-refractivity contribution in [2.24, 2.45) is 0 Å². The molecule has 0 aliphatic heterocycles. The van der Waals surface area contributed by atoms with Crippen molar-refractivity contribution in [2.45, 2.75) is 27.3 Å². The minimum atomic E-state index is 0.0299. The molecule has 0 atom stereocenters. The van der Waals surface area contributed by atoms with Crippen molar-refractivity contribution in [3.8, 4) is 0 Å². The van der Waals surface area contributed by atoms with Crippen LogP contribution < -0.4 is 20.9 Å². The third-order valence-corrected chi connectivity index (χ3v) is 3.37. The quantitative estimate of drug-likeness (QED) is 0.547. The second kappa shape index (κ2) is 11.9. The normalized spacial score (nSPS) is 9.77. The van der Waals surface area contributed by atoms with Gasteiger partial charge in [-0.2, -0.15) is 9.97 Å². The van der Waals surface area contributed by atoms with Crippen molar-refractivity contribution in [3.05, 3.63) is 35.9 Å². The number of rotatable bonds is 9. The molecular weight excluding hydrogens is 328 g/mol. The van der Waals surface area contributed by atoms with Gasteiger partial charge in [-0.3, -0.25) is 0 Å². The number of hydrogen-bond donors (Lipinski definition) is 4. The molecule has 0 saturated carbocycles. The smallest absolute Gasteiger partial charge is 0.226 e. The van der Waals surface area contributed by atoms with Crippen LogP contribution in [-0.4, -0.2) is 48.9 Å². The molecule has 2 rings (SSSR count). The Morgan fingerprint density at radius 1 is 0.962 bits per heavy atom. The van der Waals surface area contributed by atoms with E-state index in [0.717, 1.165) is 23.9 Å². The molecule has 26 heavy (non-hydrogen) atoms. The van der Waals surface area contributed by atoms with Crippen LogP contribution in [0.3, 0.4) is 0 Å². The summed E-state index contributed by atoms with van der Waals surface area (Å²) >= 11 is 0. The van der Waals surface area contributed by atoms with Crippen LogP contribution in [0.25, 0.3) is 0 Å². The second-order valence-electron chi connectivity index (χ2n) is 5.51. The highest BCUT2D eigenvalue weighted by Crippen LogP contribution is 2.31. The van der Waals surface area contributed by atoms with Crippen molar-refractivity contribution in [1.82, 2.24) is 9.97 Å². The summed E-state index contributed by atoms with van der Waals surface area (Å²) in [5.74, 6) is 1.99. The molecule has 0 spiro atoms. The van der Waals surface area contributed by atoms with Gasteiger partial charge in [-0.1, -0.05) is 44.2 Å². The van der Waals surface area contributed by atoms with E-state index in [-0.39, 0.29) is 6.61 Å². The van der Waals surface area contributed by atoms with Crippen LogP contribution in [0.15, 0.2) is 30.3 Å². The van der Waals surface area contributed by atoms with Crippen molar-refractivity contribution < 1.29 is 5.11 Å². The lowest BCUT2D eigenvalue weighted by Crippen LogP contribution is -2.19. The average Bonchev–Trinajstić information content (AvgIpc) is 2.67. The van der Waals surface area contributed by atoms with Crippen LogP contribution in [-0.2, 0) is 6.54 Å². The van der Waals surface area contributed by atoms with Gasteiger partial charge in [-0.25, -0.2) is 0 Å². The molecule has 2 aromatic rings. The van der Waals surface area contributed by atoms with Crippen LogP contribution in [0, 0.1) is 0 Å². The van der Waals surface area contributed by atoms with Gasteiger partial charge in [0.1, 0.15) is 5.69 Å². The third kappa shape index (κ3) is 6.40. The van der Waals surface area contributed by atoms with E-state index in [2.05, 4.69) is 38.1 Å². The Kier molecular flexibility index (Phi) is 9.86. The Balaban J connectivity index is 0.00000163. The van der Waals surface area contributed by atoms with Gasteiger partial charge in [0.15, 0.2) is 11.6 Å². The van der Waals surface area contributed by atoms with E-state index in [4.69, 9.17) is 5.11 Å². The molecule has 0 fully saturated rings. The number of anilines is 4. The summed E-state index contributed by atoms with van der Waals surface area (Å²) in [5.41, 5.74) is 2.08. The molecule has 7 heteroatoms. The van der Waals surface area contributed by atoms with Crippen LogP contribution >= 0.6 is 0 Å². The minimum absolute atomic E-state index is 0.0299. The molecule has 4 N–H and O–H groups in total. The molecule has 144 valence electrons.